The van der Waals surface area contributed by atoms with E-state index < -0.39 is 0 Å². The molecule has 2 unspecified atom stereocenters. The highest BCUT2D eigenvalue weighted by Gasteiger charge is 2.26. The first-order chi connectivity index (χ1) is 8.90. The van der Waals surface area contributed by atoms with Crippen molar-refractivity contribution in [3.63, 3.8) is 0 Å². The Morgan fingerprint density at radius 1 is 1.33 bits per heavy atom. The summed E-state index contributed by atoms with van der Waals surface area (Å²) in [4.78, 5) is 0. The number of ether oxygens (including phenoxy) is 2. The van der Waals surface area contributed by atoms with Gasteiger partial charge in [0.25, 0.3) is 0 Å². The summed E-state index contributed by atoms with van der Waals surface area (Å²) in [7, 11) is 1.98. The predicted molar refractivity (Wildman–Crippen MR) is 74.2 cm³/mol. The first-order valence-corrected chi connectivity index (χ1v) is 7.11. The van der Waals surface area contributed by atoms with Crippen LogP contribution in [0.3, 0.4) is 0 Å². The van der Waals surface area contributed by atoms with Crippen molar-refractivity contribution >= 4 is 21.4 Å². The number of likely N-dealkylation sites (N-methyl/N-ethyl adjacent to an activating group) is 1. The summed E-state index contributed by atoms with van der Waals surface area (Å²) in [6.07, 6.45) is 0.0939. The van der Waals surface area contributed by atoms with E-state index in [0.29, 0.717) is 19.8 Å². The van der Waals surface area contributed by atoms with E-state index in [0.717, 1.165) is 0 Å². The van der Waals surface area contributed by atoms with E-state index in [1.165, 1.54) is 15.6 Å². The van der Waals surface area contributed by atoms with Gasteiger partial charge in [0, 0.05) is 4.70 Å². The molecule has 3 rings (SSSR count). The molecular formula is C14H17NO2S. The third kappa shape index (κ3) is 2.17. The highest BCUT2D eigenvalue weighted by molar-refractivity contribution is 7.17. The van der Waals surface area contributed by atoms with Gasteiger partial charge in [-0.3, -0.25) is 0 Å². The lowest BCUT2D eigenvalue weighted by Gasteiger charge is -2.30. The summed E-state index contributed by atoms with van der Waals surface area (Å²) in [5.41, 5.74) is 1.31. The van der Waals surface area contributed by atoms with Crippen LogP contribution in [0, 0.1) is 0 Å². The molecule has 1 aliphatic heterocycles. The molecule has 96 valence electrons. The molecule has 0 bridgehead atoms. The number of nitrogens with one attached hydrogen (secondary N) is 1. The third-order valence-electron chi connectivity index (χ3n) is 3.37. The number of thiophene rings is 1. The van der Waals surface area contributed by atoms with Crippen LogP contribution in [0.2, 0.25) is 0 Å². The maximum absolute atomic E-state index is 5.83. The molecule has 0 aliphatic carbocycles. The van der Waals surface area contributed by atoms with Crippen LogP contribution in [-0.4, -0.2) is 33.0 Å². The monoisotopic (exact) mass is 263 g/mol. The fourth-order valence-corrected chi connectivity index (χ4v) is 3.46. The molecule has 1 aromatic carbocycles. The molecule has 2 atom stereocenters. The topological polar surface area (TPSA) is 30.5 Å². The molecule has 1 fully saturated rings. The number of hydrogen-bond donors (Lipinski definition) is 1. The van der Waals surface area contributed by atoms with Gasteiger partial charge in [0.15, 0.2) is 0 Å². The number of rotatable bonds is 3. The minimum atomic E-state index is 0.0939. The maximum atomic E-state index is 5.83. The lowest BCUT2D eigenvalue weighted by atomic mass is 10.00. The first-order valence-electron chi connectivity index (χ1n) is 6.23. The lowest BCUT2D eigenvalue weighted by Crippen LogP contribution is -2.39. The summed E-state index contributed by atoms with van der Waals surface area (Å²) < 4.78 is 12.7. The van der Waals surface area contributed by atoms with Crippen LogP contribution in [0.5, 0.6) is 0 Å². The molecule has 1 N–H and O–H groups in total. The molecule has 4 heteroatoms. The van der Waals surface area contributed by atoms with Crippen molar-refractivity contribution < 1.29 is 9.47 Å². The average Bonchev–Trinajstić information content (AvgIpc) is 2.90. The van der Waals surface area contributed by atoms with Crippen LogP contribution in [0.1, 0.15) is 11.6 Å². The van der Waals surface area contributed by atoms with Crippen molar-refractivity contribution in [2.45, 2.75) is 12.1 Å². The molecule has 3 nitrogen and oxygen atoms in total. The largest absolute Gasteiger partial charge is 0.376 e. The second-order valence-electron chi connectivity index (χ2n) is 4.44. The van der Waals surface area contributed by atoms with E-state index in [2.05, 4.69) is 35.0 Å². The predicted octanol–water partition coefficient (Wildman–Crippen LogP) is 2.58. The molecule has 1 aliphatic rings. The van der Waals surface area contributed by atoms with Gasteiger partial charge >= 0.3 is 0 Å². The Kier molecular flexibility index (Phi) is 3.61. The Morgan fingerprint density at radius 3 is 3.06 bits per heavy atom. The lowest BCUT2D eigenvalue weighted by molar-refractivity contribution is -0.101. The standard InChI is InChI=1S/C14H17NO2S/c1-15-13(12-9-16-6-7-17-12)11-4-2-3-10-5-8-18-14(10)11/h2-5,8,12-13,15H,6-7,9H2,1H3. The van der Waals surface area contributed by atoms with Crippen molar-refractivity contribution in [1.29, 1.82) is 0 Å². The van der Waals surface area contributed by atoms with Crippen molar-refractivity contribution in [3.05, 3.63) is 35.2 Å². The Labute approximate surface area is 111 Å². The van der Waals surface area contributed by atoms with Crippen LogP contribution < -0.4 is 5.32 Å². The second-order valence-corrected chi connectivity index (χ2v) is 5.35. The van der Waals surface area contributed by atoms with Crippen molar-refractivity contribution in [3.8, 4) is 0 Å². The summed E-state index contributed by atoms with van der Waals surface area (Å²) in [6, 6.07) is 8.79. The molecule has 0 spiro atoms. The SMILES string of the molecule is CNC(c1cccc2ccsc12)C1COCCO1. The zero-order valence-electron chi connectivity index (χ0n) is 10.4. The van der Waals surface area contributed by atoms with Gasteiger partial charge < -0.3 is 14.8 Å². The van der Waals surface area contributed by atoms with E-state index in [-0.39, 0.29) is 12.1 Å². The quantitative estimate of drug-likeness (QED) is 0.923. The minimum Gasteiger partial charge on any atom is -0.376 e. The smallest absolute Gasteiger partial charge is 0.100 e. The molecule has 1 saturated heterocycles. The molecule has 2 aromatic rings. The van der Waals surface area contributed by atoms with E-state index in [9.17, 15) is 0 Å². The second kappa shape index (κ2) is 5.36. The Hall–Kier alpha value is -0.940. The van der Waals surface area contributed by atoms with Crippen molar-refractivity contribution in [1.82, 2.24) is 5.32 Å². The summed E-state index contributed by atoms with van der Waals surface area (Å²) in [5.74, 6) is 0. The van der Waals surface area contributed by atoms with Crippen LogP contribution in [0.25, 0.3) is 10.1 Å². The van der Waals surface area contributed by atoms with Crippen molar-refractivity contribution in [2.75, 3.05) is 26.9 Å². The molecular weight excluding hydrogens is 246 g/mol. The summed E-state index contributed by atoms with van der Waals surface area (Å²) in [6.45, 7) is 2.05. The van der Waals surface area contributed by atoms with Gasteiger partial charge in [-0.25, -0.2) is 0 Å². The minimum absolute atomic E-state index is 0.0939. The fourth-order valence-electron chi connectivity index (χ4n) is 2.50. The van der Waals surface area contributed by atoms with Gasteiger partial charge in [-0.2, -0.15) is 0 Å². The Bertz CT molecular complexity index is 519. The zero-order chi connectivity index (χ0) is 12.4. The highest BCUT2D eigenvalue weighted by Crippen LogP contribution is 2.31. The molecule has 18 heavy (non-hydrogen) atoms. The normalized spacial score (nSPS) is 22.2. The average molecular weight is 263 g/mol. The summed E-state index contributed by atoms with van der Waals surface area (Å²) in [5, 5.41) is 6.81. The number of fused-ring (bicyclic) bond motifs is 1. The van der Waals surface area contributed by atoms with Crippen LogP contribution in [-0.2, 0) is 9.47 Å². The summed E-state index contributed by atoms with van der Waals surface area (Å²) >= 11 is 1.79. The first kappa shape index (κ1) is 12.1. The van der Waals surface area contributed by atoms with Gasteiger partial charge in [-0.15, -0.1) is 11.3 Å². The zero-order valence-corrected chi connectivity index (χ0v) is 11.2. The Balaban J connectivity index is 1.97. The highest BCUT2D eigenvalue weighted by atomic mass is 32.1. The van der Waals surface area contributed by atoms with Gasteiger partial charge in [0.1, 0.15) is 6.10 Å². The van der Waals surface area contributed by atoms with E-state index in [1.54, 1.807) is 11.3 Å². The van der Waals surface area contributed by atoms with E-state index in [4.69, 9.17) is 9.47 Å². The number of hydrogen-bond acceptors (Lipinski definition) is 4. The molecule has 0 radical (unpaired) electrons. The van der Waals surface area contributed by atoms with Gasteiger partial charge in [0.05, 0.1) is 25.9 Å². The van der Waals surface area contributed by atoms with Crippen molar-refractivity contribution in [2.24, 2.45) is 0 Å². The molecule has 0 amide bonds. The number of benzene rings is 1. The third-order valence-corrected chi connectivity index (χ3v) is 4.35. The van der Waals surface area contributed by atoms with Crippen LogP contribution in [0.15, 0.2) is 29.6 Å². The maximum Gasteiger partial charge on any atom is 0.100 e. The molecule has 0 saturated carbocycles. The van der Waals surface area contributed by atoms with Gasteiger partial charge in [-0.1, -0.05) is 18.2 Å². The van der Waals surface area contributed by atoms with E-state index in [1.807, 2.05) is 7.05 Å². The van der Waals surface area contributed by atoms with Gasteiger partial charge in [-0.05, 0) is 29.4 Å². The van der Waals surface area contributed by atoms with Crippen LogP contribution >= 0.6 is 11.3 Å². The van der Waals surface area contributed by atoms with Crippen LogP contribution in [0.4, 0.5) is 0 Å². The fraction of sp³-hybridized carbons (Fsp3) is 0.429. The van der Waals surface area contributed by atoms with E-state index >= 15 is 0 Å². The van der Waals surface area contributed by atoms with Gasteiger partial charge in [0.2, 0.25) is 0 Å². The Morgan fingerprint density at radius 2 is 2.28 bits per heavy atom. The molecule has 2 heterocycles. The molecule has 1 aromatic heterocycles.